The second-order valence-electron chi connectivity index (χ2n) is 8.03. The van der Waals surface area contributed by atoms with Gasteiger partial charge in [0.15, 0.2) is 0 Å². The molecule has 0 aromatic carbocycles. The van der Waals surface area contributed by atoms with E-state index >= 15 is 0 Å². The summed E-state index contributed by atoms with van der Waals surface area (Å²) in [4.78, 5) is 24.1. The molecule has 2 aliphatic rings. The predicted molar refractivity (Wildman–Crippen MR) is 90.0 cm³/mol. The molecule has 0 aromatic rings. The first-order valence-electron chi connectivity index (χ1n) is 8.35. The monoisotopic (exact) mass is 327 g/mol. The number of carboxylic acids is 1. The number of hydrogen-bond acceptors (Lipinski definition) is 3. The highest BCUT2D eigenvalue weighted by Gasteiger charge is 2.42. The van der Waals surface area contributed by atoms with Gasteiger partial charge < -0.3 is 10.4 Å². The van der Waals surface area contributed by atoms with Crippen molar-refractivity contribution in [3.63, 3.8) is 0 Å². The Labute approximate surface area is 137 Å². The Balaban J connectivity index is 1.95. The summed E-state index contributed by atoms with van der Waals surface area (Å²) in [6.07, 6.45) is 4.88. The summed E-state index contributed by atoms with van der Waals surface area (Å²) in [5.41, 5.74) is -0.743. The molecular formula is C17H29NO3S. The van der Waals surface area contributed by atoms with E-state index in [4.69, 9.17) is 0 Å². The average Bonchev–Trinajstić information content (AvgIpc) is 2.36. The molecule has 0 aromatic heterocycles. The van der Waals surface area contributed by atoms with Crippen LogP contribution in [0.4, 0.5) is 0 Å². The van der Waals surface area contributed by atoms with Gasteiger partial charge >= 0.3 is 5.97 Å². The highest BCUT2D eigenvalue weighted by Crippen LogP contribution is 2.42. The molecule has 1 aliphatic carbocycles. The fourth-order valence-electron chi connectivity index (χ4n) is 4.39. The highest BCUT2D eigenvalue weighted by atomic mass is 32.2. The second kappa shape index (κ2) is 6.81. The number of rotatable bonds is 4. The predicted octanol–water partition coefficient (Wildman–Crippen LogP) is 3.31. The van der Waals surface area contributed by atoms with E-state index in [1.165, 1.54) is 6.42 Å². The Morgan fingerprint density at radius 1 is 1.23 bits per heavy atom. The number of nitrogens with one attached hydrogen (secondary N) is 1. The quantitative estimate of drug-likeness (QED) is 0.831. The Kier molecular flexibility index (Phi) is 5.46. The molecule has 1 heterocycles. The smallest absolute Gasteiger partial charge is 0.329 e. The fourth-order valence-corrected chi connectivity index (χ4v) is 5.58. The summed E-state index contributed by atoms with van der Waals surface area (Å²) in [7, 11) is 0. The maximum atomic E-state index is 12.4. The molecule has 2 unspecified atom stereocenters. The van der Waals surface area contributed by atoms with Crippen LogP contribution in [0.2, 0.25) is 0 Å². The molecule has 1 saturated carbocycles. The van der Waals surface area contributed by atoms with Gasteiger partial charge in [0, 0.05) is 6.42 Å². The Morgan fingerprint density at radius 2 is 1.86 bits per heavy atom. The number of thioether (sulfide) groups is 1. The molecule has 0 bridgehead atoms. The lowest BCUT2D eigenvalue weighted by atomic mass is 9.67. The van der Waals surface area contributed by atoms with Crippen LogP contribution in [0.3, 0.4) is 0 Å². The molecule has 0 radical (unpaired) electrons. The van der Waals surface area contributed by atoms with Gasteiger partial charge in [-0.25, -0.2) is 4.79 Å². The molecule has 1 amide bonds. The summed E-state index contributed by atoms with van der Waals surface area (Å²) in [6, 6.07) is 0. The normalized spacial score (nSPS) is 30.5. The van der Waals surface area contributed by atoms with Crippen molar-refractivity contribution in [2.45, 2.75) is 64.8 Å². The van der Waals surface area contributed by atoms with Crippen LogP contribution in [0, 0.1) is 17.3 Å². The zero-order valence-electron chi connectivity index (χ0n) is 14.0. The first-order valence-corrected chi connectivity index (χ1v) is 9.50. The molecule has 5 heteroatoms. The van der Waals surface area contributed by atoms with E-state index in [2.05, 4.69) is 26.1 Å². The number of carbonyl (C=O) groups excluding carboxylic acids is 1. The zero-order valence-corrected chi connectivity index (χ0v) is 14.8. The van der Waals surface area contributed by atoms with Crippen LogP contribution in [-0.2, 0) is 9.59 Å². The molecule has 2 fully saturated rings. The van der Waals surface area contributed by atoms with Gasteiger partial charge in [0.1, 0.15) is 5.54 Å². The van der Waals surface area contributed by atoms with E-state index < -0.39 is 11.5 Å². The maximum absolute atomic E-state index is 12.4. The Hall–Kier alpha value is -0.710. The molecular weight excluding hydrogens is 298 g/mol. The lowest BCUT2D eigenvalue weighted by Gasteiger charge is -2.39. The van der Waals surface area contributed by atoms with Crippen molar-refractivity contribution in [1.82, 2.24) is 5.32 Å². The SMILES string of the molecule is CC1CC(CC(=O)NC2(C(=O)O)CCSCC2)CC(C)(C)C1. The van der Waals surface area contributed by atoms with Gasteiger partial charge in [-0.3, -0.25) is 4.79 Å². The third-order valence-corrected chi connectivity index (χ3v) is 6.07. The topological polar surface area (TPSA) is 66.4 Å². The van der Waals surface area contributed by atoms with E-state index in [9.17, 15) is 14.7 Å². The Morgan fingerprint density at radius 3 is 2.41 bits per heavy atom. The summed E-state index contributed by atoms with van der Waals surface area (Å²) in [6.45, 7) is 6.79. The van der Waals surface area contributed by atoms with Crippen molar-refractivity contribution in [2.75, 3.05) is 11.5 Å². The van der Waals surface area contributed by atoms with Crippen molar-refractivity contribution in [3.05, 3.63) is 0 Å². The molecule has 1 aliphatic heterocycles. The molecule has 0 spiro atoms. The van der Waals surface area contributed by atoms with Crippen LogP contribution in [-0.4, -0.2) is 34.0 Å². The molecule has 4 nitrogen and oxygen atoms in total. The van der Waals surface area contributed by atoms with Gasteiger partial charge in [0.2, 0.25) is 5.91 Å². The van der Waals surface area contributed by atoms with Gasteiger partial charge in [-0.05, 0) is 60.9 Å². The van der Waals surface area contributed by atoms with Crippen LogP contribution < -0.4 is 5.32 Å². The number of carboxylic acid groups (broad SMARTS) is 1. The van der Waals surface area contributed by atoms with Crippen LogP contribution in [0.15, 0.2) is 0 Å². The molecule has 1 saturated heterocycles. The van der Waals surface area contributed by atoms with Gasteiger partial charge in [-0.15, -0.1) is 0 Å². The van der Waals surface area contributed by atoms with Gasteiger partial charge in [-0.2, -0.15) is 11.8 Å². The van der Waals surface area contributed by atoms with Crippen molar-refractivity contribution < 1.29 is 14.7 Å². The largest absolute Gasteiger partial charge is 0.480 e. The van der Waals surface area contributed by atoms with Crippen LogP contribution in [0.5, 0.6) is 0 Å². The van der Waals surface area contributed by atoms with Crippen molar-refractivity contribution >= 4 is 23.6 Å². The number of aliphatic carboxylic acids is 1. The maximum Gasteiger partial charge on any atom is 0.329 e. The van der Waals surface area contributed by atoms with E-state index in [1.54, 1.807) is 11.8 Å². The lowest BCUT2D eigenvalue weighted by Crippen LogP contribution is -2.56. The highest BCUT2D eigenvalue weighted by molar-refractivity contribution is 7.99. The first kappa shape index (κ1) is 17.6. The minimum Gasteiger partial charge on any atom is -0.480 e. The van der Waals surface area contributed by atoms with Crippen molar-refractivity contribution in [1.29, 1.82) is 0 Å². The molecule has 22 heavy (non-hydrogen) atoms. The summed E-state index contributed by atoms with van der Waals surface area (Å²) < 4.78 is 0. The molecule has 126 valence electrons. The van der Waals surface area contributed by atoms with E-state index in [1.807, 2.05) is 0 Å². The third kappa shape index (κ3) is 4.40. The standard InChI is InChI=1S/C17H29NO3S/c1-12-8-13(11-16(2,3)10-12)9-14(19)18-17(15(20)21)4-6-22-7-5-17/h12-13H,4-11H2,1-3H3,(H,18,19)(H,20,21). The third-order valence-electron chi connectivity index (χ3n) is 5.09. The first-order chi connectivity index (χ1) is 10.2. The average molecular weight is 327 g/mol. The van der Waals surface area contributed by atoms with Crippen molar-refractivity contribution in [3.8, 4) is 0 Å². The molecule has 2 rings (SSSR count). The van der Waals surface area contributed by atoms with E-state index in [0.29, 0.717) is 31.1 Å². The van der Waals surface area contributed by atoms with Gasteiger partial charge in [0.25, 0.3) is 0 Å². The number of amides is 1. The number of hydrogen-bond donors (Lipinski definition) is 2. The summed E-state index contributed by atoms with van der Waals surface area (Å²) in [5.74, 6) is 1.67. The molecule has 2 atom stereocenters. The van der Waals surface area contributed by atoms with Crippen molar-refractivity contribution in [2.24, 2.45) is 17.3 Å². The minimum atomic E-state index is -1.03. The summed E-state index contributed by atoms with van der Waals surface area (Å²) >= 11 is 1.76. The zero-order chi connectivity index (χ0) is 16.4. The van der Waals surface area contributed by atoms with Crippen LogP contribution in [0.25, 0.3) is 0 Å². The fraction of sp³-hybridized carbons (Fsp3) is 0.882. The second-order valence-corrected chi connectivity index (χ2v) is 9.26. The molecule has 2 N–H and O–H groups in total. The summed E-state index contributed by atoms with van der Waals surface area (Å²) in [5, 5.41) is 12.4. The van der Waals surface area contributed by atoms with Crippen LogP contribution in [0.1, 0.15) is 59.3 Å². The van der Waals surface area contributed by atoms with E-state index in [-0.39, 0.29) is 11.3 Å². The lowest BCUT2D eigenvalue weighted by molar-refractivity contribution is -0.148. The Bertz CT molecular complexity index is 430. The van der Waals surface area contributed by atoms with Crippen LogP contribution >= 0.6 is 11.8 Å². The van der Waals surface area contributed by atoms with Gasteiger partial charge in [0.05, 0.1) is 0 Å². The van der Waals surface area contributed by atoms with Gasteiger partial charge in [-0.1, -0.05) is 20.8 Å². The van der Waals surface area contributed by atoms with E-state index in [0.717, 1.165) is 24.3 Å². The number of carbonyl (C=O) groups is 2. The minimum absolute atomic E-state index is 0.0794.